The van der Waals surface area contributed by atoms with Crippen molar-refractivity contribution in [2.75, 3.05) is 0 Å². The summed E-state index contributed by atoms with van der Waals surface area (Å²) < 4.78 is 6.28. The van der Waals surface area contributed by atoms with Crippen LogP contribution in [0, 0.1) is 17.8 Å². The SMILES string of the molecule is CCCCC(C)C(C)CCC[SiH2]Oc1cccnc1-c1ccc(CCCCCCCCCC2CC2)nn1. The lowest BCUT2D eigenvalue weighted by atomic mass is 9.88. The third-order valence-corrected chi connectivity index (χ3v) is 9.57. The van der Waals surface area contributed by atoms with E-state index in [2.05, 4.69) is 48.1 Å². The van der Waals surface area contributed by atoms with Gasteiger partial charge in [-0.1, -0.05) is 111 Å². The summed E-state index contributed by atoms with van der Waals surface area (Å²) in [4.78, 5) is 4.58. The summed E-state index contributed by atoms with van der Waals surface area (Å²) >= 11 is 0. The third-order valence-electron chi connectivity index (χ3n) is 8.27. The van der Waals surface area contributed by atoms with Crippen LogP contribution in [0.25, 0.3) is 11.4 Å². The van der Waals surface area contributed by atoms with Crippen LogP contribution in [0.1, 0.15) is 123 Å². The molecule has 206 valence electrons. The second-order valence-electron chi connectivity index (χ2n) is 11.7. The number of unbranched alkanes of at least 4 members (excludes halogenated alkanes) is 7. The second kappa shape index (κ2) is 17.7. The number of pyridine rings is 1. The van der Waals surface area contributed by atoms with Crippen molar-refractivity contribution >= 4 is 9.76 Å². The molecule has 0 saturated heterocycles. The molecular formula is C32H53N3OSi. The van der Waals surface area contributed by atoms with E-state index in [1.54, 1.807) is 0 Å². The summed E-state index contributed by atoms with van der Waals surface area (Å²) in [6.45, 7) is 7.12. The molecular weight excluding hydrogens is 470 g/mol. The molecule has 2 unspecified atom stereocenters. The van der Waals surface area contributed by atoms with Gasteiger partial charge in [0.25, 0.3) is 0 Å². The van der Waals surface area contributed by atoms with Crippen molar-refractivity contribution in [1.82, 2.24) is 15.2 Å². The molecule has 0 amide bonds. The lowest BCUT2D eigenvalue weighted by Gasteiger charge is -2.19. The summed E-state index contributed by atoms with van der Waals surface area (Å²) in [6, 6.07) is 9.39. The molecule has 2 aromatic heterocycles. The molecule has 1 saturated carbocycles. The van der Waals surface area contributed by atoms with Crippen LogP contribution in [0.4, 0.5) is 0 Å². The minimum Gasteiger partial charge on any atom is -0.548 e. The van der Waals surface area contributed by atoms with Crippen LogP contribution in [-0.4, -0.2) is 24.9 Å². The van der Waals surface area contributed by atoms with Gasteiger partial charge >= 0.3 is 0 Å². The van der Waals surface area contributed by atoms with Gasteiger partial charge in [0.05, 0.1) is 5.69 Å². The second-order valence-corrected chi connectivity index (χ2v) is 13.1. The van der Waals surface area contributed by atoms with Crippen LogP contribution < -0.4 is 4.43 Å². The van der Waals surface area contributed by atoms with E-state index >= 15 is 0 Å². The minimum absolute atomic E-state index is 0.617. The van der Waals surface area contributed by atoms with E-state index in [1.165, 1.54) is 102 Å². The lowest BCUT2D eigenvalue weighted by Crippen LogP contribution is -2.09. The third kappa shape index (κ3) is 12.1. The first-order chi connectivity index (χ1) is 18.2. The van der Waals surface area contributed by atoms with Crippen molar-refractivity contribution in [3.8, 4) is 17.1 Å². The molecule has 37 heavy (non-hydrogen) atoms. The quantitative estimate of drug-likeness (QED) is 0.121. The van der Waals surface area contributed by atoms with E-state index in [0.717, 1.165) is 47.0 Å². The Bertz CT molecular complexity index is 855. The molecule has 2 atom stereocenters. The molecule has 4 nitrogen and oxygen atoms in total. The van der Waals surface area contributed by atoms with E-state index in [9.17, 15) is 0 Å². The number of hydrogen-bond donors (Lipinski definition) is 0. The molecule has 0 aliphatic heterocycles. The van der Waals surface area contributed by atoms with Gasteiger partial charge in [-0.25, -0.2) is 0 Å². The Balaban J connectivity index is 1.31. The molecule has 1 aliphatic rings. The van der Waals surface area contributed by atoms with Crippen molar-refractivity contribution in [3.63, 3.8) is 0 Å². The van der Waals surface area contributed by atoms with E-state index in [-0.39, 0.29) is 0 Å². The predicted molar refractivity (Wildman–Crippen MR) is 160 cm³/mol. The predicted octanol–water partition coefficient (Wildman–Crippen LogP) is 8.74. The van der Waals surface area contributed by atoms with Gasteiger partial charge in [-0.15, -0.1) is 5.10 Å². The molecule has 2 aromatic rings. The fourth-order valence-electron chi connectivity index (χ4n) is 5.19. The average molecular weight is 524 g/mol. The molecule has 0 spiro atoms. The van der Waals surface area contributed by atoms with Crippen LogP contribution in [0.5, 0.6) is 5.75 Å². The minimum atomic E-state index is -0.617. The zero-order valence-corrected chi connectivity index (χ0v) is 25.5. The maximum Gasteiger partial charge on any atom is 0.219 e. The Morgan fingerprint density at radius 1 is 0.865 bits per heavy atom. The summed E-state index contributed by atoms with van der Waals surface area (Å²) in [5.41, 5.74) is 2.73. The zero-order chi connectivity index (χ0) is 26.1. The van der Waals surface area contributed by atoms with Crippen LogP contribution in [0.3, 0.4) is 0 Å². The van der Waals surface area contributed by atoms with Crippen molar-refractivity contribution < 1.29 is 4.43 Å². The largest absolute Gasteiger partial charge is 0.548 e. The summed E-state index contributed by atoms with van der Waals surface area (Å²) in [5, 5.41) is 9.02. The molecule has 2 heterocycles. The molecule has 1 fully saturated rings. The zero-order valence-electron chi connectivity index (χ0n) is 24.1. The Morgan fingerprint density at radius 3 is 2.30 bits per heavy atom. The van der Waals surface area contributed by atoms with E-state index < -0.39 is 9.76 Å². The maximum atomic E-state index is 6.28. The van der Waals surface area contributed by atoms with Gasteiger partial charge in [-0.3, -0.25) is 4.98 Å². The van der Waals surface area contributed by atoms with Crippen LogP contribution >= 0.6 is 0 Å². The van der Waals surface area contributed by atoms with E-state index in [0.29, 0.717) is 0 Å². The molecule has 0 radical (unpaired) electrons. The highest BCUT2D eigenvalue weighted by Gasteiger charge is 2.19. The summed E-state index contributed by atoms with van der Waals surface area (Å²) in [5.74, 6) is 3.61. The summed E-state index contributed by atoms with van der Waals surface area (Å²) in [6.07, 6.45) is 23.5. The number of hydrogen-bond acceptors (Lipinski definition) is 4. The number of aromatic nitrogens is 3. The van der Waals surface area contributed by atoms with Gasteiger partial charge < -0.3 is 4.43 Å². The topological polar surface area (TPSA) is 47.9 Å². The standard InChI is InChI=1S/C32H53N3OSi/c1-4-5-15-26(2)27(3)16-14-25-37-36-31-19-13-24-33-32(31)30-23-22-29(34-35-30)18-12-10-8-6-7-9-11-17-28-20-21-28/h13,19,22-24,26-28H,4-12,14-18,20-21,25,37H2,1-3H3. The Hall–Kier alpha value is -1.75. The highest BCUT2D eigenvalue weighted by atomic mass is 28.2. The van der Waals surface area contributed by atoms with Crippen LogP contribution in [0.2, 0.25) is 6.04 Å². The first-order valence-electron chi connectivity index (χ1n) is 15.6. The van der Waals surface area contributed by atoms with Gasteiger partial charge in [0.1, 0.15) is 17.1 Å². The smallest absolute Gasteiger partial charge is 0.219 e. The molecule has 0 bridgehead atoms. The van der Waals surface area contributed by atoms with Crippen LogP contribution in [0.15, 0.2) is 30.5 Å². The van der Waals surface area contributed by atoms with Gasteiger partial charge in [-0.2, -0.15) is 5.10 Å². The normalized spacial score (nSPS) is 15.3. The fraction of sp³-hybridized carbons (Fsp3) is 0.719. The monoisotopic (exact) mass is 523 g/mol. The van der Waals surface area contributed by atoms with Gasteiger partial charge in [0.15, 0.2) is 0 Å². The number of aryl methyl sites for hydroxylation is 1. The van der Waals surface area contributed by atoms with Gasteiger partial charge in [0, 0.05) is 6.20 Å². The van der Waals surface area contributed by atoms with E-state index in [4.69, 9.17) is 4.43 Å². The fourth-order valence-corrected chi connectivity index (χ4v) is 6.28. The molecule has 0 N–H and O–H groups in total. The van der Waals surface area contributed by atoms with Crippen molar-refractivity contribution in [2.45, 2.75) is 130 Å². The first kappa shape index (κ1) is 29.8. The summed E-state index contributed by atoms with van der Waals surface area (Å²) in [7, 11) is -0.617. The van der Waals surface area contributed by atoms with Gasteiger partial charge in [-0.05, 0) is 60.9 Å². The number of rotatable bonds is 21. The first-order valence-corrected chi connectivity index (χ1v) is 17.2. The van der Waals surface area contributed by atoms with Crippen molar-refractivity contribution in [3.05, 3.63) is 36.2 Å². The lowest BCUT2D eigenvalue weighted by molar-refractivity contribution is 0.333. The molecule has 3 rings (SSSR count). The Morgan fingerprint density at radius 2 is 1.59 bits per heavy atom. The maximum absolute atomic E-state index is 6.28. The highest BCUT2D eigenvalue weighted by Crippen LogP contribution is 2.34. The van der Waals surface area contributed by atoms with Crippen molar-refractivity contribution in [2.24, 2.45) is 17.8 Å². The Kier molecular flexibility index (Phi) is 14.3. The highest BCUT2D eigenvalue weighted by molar-refractivity contribution is 6.28. The van der Waals surface area contributed by atoms with Crippen LogP contribution in [-0.2, 0) is 6.42 Å². The number of nitrogens with zero attached hydrogens (tertiary/aromatic N) is 3. The Labute approximate surface area is 229 Å². The van der Waals surface area contributed by atoms with Gasteiger partial charge in [0.2, 0.25) is 9.76 Å². The molecule has 5 heteroatoms. The molecule has 0 aromatic carbocycles. The van der Waals surface area contributed by atoms with Crippen molar-refractivity contribution in [1.29, 1.82) is 0 Å². The van der Waals surface area contributed by atoms with E-state index in [1.807, 2.05) is 18.3 Å². The average Bonchev–Trinajstić information content (AvgIpc) is 3.75. The molecule has 1 aliphatic carbocycles.